The van der Waals surface area contributed by atoms with Crippen molar-refractivity contribution in [2.45, 2.75) is 52.7 Å². The predicted octanol–water partition coefficient (Wildman–Crippen LogP) is 1.47. The maximum absolute atomic E-state index is 12.0. The van der Waals surface area contributed by atoms with Crippen molar-refractivity contribution in [3.63, 3.8) is 0 Å². The minimum absolute atomic E-state index is 0.0905. The number of carboxylic acid groups (broad SMARTS) is 1. The molecular weight excluding hydrogens is 282 g/mol. The number of carboxylic acids is 1. The number of carbonyl (C=O) groups is 1. The Morgan fingerprint density at radius 3 is 2.00 bits per heavy atom. The van der Waals surface area contributed by atoms with E-state index >= 15 is 0 Å². The summed E-state index contributed by atoms with van der Waals surface area (Å²) in [6.07, 6.45) is 0.441. The lowest BCUT2D eigenvalue weighted by molar-refractivity contribution is -0.139. The first kappa shape index (κ1) is 19.3. The van der Waals surface area contributed by atoms with Crippen molar-refractivity contribution in [3.05, 3.63) is 0 Å². The quantitative estimate of drug-likeness (QED) is 0.637. The highest BCUT2D eigenvalue weighted by molar-refractivity contribution is 7.89. The van der Waals surface area contributed by atoms with Crippen molar-refractivity contribution in [1.82, 2.24) is 4.72 Å². The summed E-state index contributed by atoms with van der Waals surface area (Å²) >= 11 is 0. The summed E-state index contributed by atoms with van der Waals surface area (Å²) in [5.74, 6) is -0.974. The van der Waals surface area contributed by atoms with Gasteiger partial charge in [-0.3, -0.25) is 4.79 Å². The van der Waals surface area contributed by atoms with Gasteiger partial charge in [0.05, 0.1) is 11.9 Å². The van der Waals surface area contributed by atoms with Crippen LogP contribution in [0.2, 0.25) is 0 Å². The lowest BCUT2D eigenvalue weighted by atomic mass is 10.1. The molecule has 0 saturated heterocycles. The van der Waals surface area contributed by atoms with E-state index in [1.807, 2.05) is 27.7 Å². The molecule has 0 aliphatic rings. The SMILES string of the molecule is COC(CC(C)C)CS(=O)(=O)NC(CC(C)C)C(=O)O. The molecule has 0 aliphatic carbocycles. The van der Waals surface area contributed by atoms with E-state index < -0.39 is 28.1 Å². The van der Waals surface area contributed by atoms with E-state index in [0.29, 0.717) is 12.3 Å². The van der Waals surface area contributed by atoms with Gasteiger partial charge in [-0.25, -0.2) is 13.1 Å². The lowest BCUT2D eigenvalue weighted by Crippen LogP contribution is -2.44. The molecular formula is C13H27NO5S. The number of methoxy groups -OCH3 is 1. The van der Waals surface area contributed by atoms with Crippen LogP contribution in [0.5, 0.6) is 0 Å². The first-order valence-corrected chi connectivity index (χ1v) is 8.48. The van der Waals surface area contributed by atoms with Crippen molar-refractivity contribution in [3.8, 4) is 0 Å². The van der Waals surface area contributed by atoms with Crippen LogP contribution in [0, 0.1) is 11.8 Å². The summed E-state index contributed by atoms with van der Waals surface area (Å²) < 4.78 is 31.5. The van der Waals surface area contributed by atoms with Crippen molar-refractivity contribution < 1.29 is 23.1 Å². The molecule has 20 heavy (non-hydrogen) atoms. The van der Waals surface area contributed by atoms with Gasteiger partial charge in [0.2, 0.25) is 10.0 Å². The topological polar surface area (TPSA) is 92.7 Å². The van der Waals surface area contributed by atoms with Gasteiger partial charge in [0.25, 0.3) is 0 Å². The number of hydrogen-bond acceptors (Lipinski definition) is 4. The van der Waals surface area contributed by atoms with Gasteiger partial charge in [0.1, 0.15) is 6.04 Å². The molecule has 0 saturated carbocycles. The fraction of sp³-hybridized carbons (Fsp3) is 0.923. The molecule has 2 atom stereocenters. The molecule has 0 radical (unpaired) electrons. The van der Waals surface area contributed by atoms with Gasteiger partial charge in [0.15, 0.2) is 0 Å². The van der Waals surface area contributed by atoms with Crippen LogP contribution >= 0.6 is 0 Å². The highest BCUT2D eigenvalue weighted by atomic mass is 32.2. The third-order valence-corrected chi connectivity index (χ3v) is 4.25. The van der Waals surface area contributed by atoms with Gasteiger partial charge in [-0.1, -0.05) is 27.7 Å². The van der Waals surface area contributed by atoms with Crippen LogP contribution < -0.4 is 4.72 Å². The number of nitrogens with one attached hydrogen (secondary N) is 1. The number of rotatable bonds is 10. The molecule has 7 heteroatoms. The molecule has 0 aromatic carbocycles. The largest absolute Gasteiger partial charge is 0.480 e. The second-order valence-electron chi connectivity index (χ2n) is 5.91. The molecule has 0 amide bonds. The number of sulfonamides is 1. The molecule has 0 aromatic rings. The first-order valence-electron chi connectivity index (χ1n) is 6.83. The fourth-order valence-corrected chi connectivity index (χ4v) is 3.43. The van der Waals surface area contributed by atoms with Crippen LogP contribution in [0.4, 0.5) is 0 Å². The fourth-order valence-electron chi connectivity index (χ4n) is 1.94. The van der Waals surface area contributed by atoms with E-state index in [0.717, 1.165) is 0 Å². The Kier molecular flexibility index (Phi) is 8.30. The smallest absolute Gasteiger partial charge is 0.321 e. The number of aliphatic carboxylic acids is 1. The maximum Gasteiger partial charge on any atom is 0.321 e. The third-order valence-electron chi connectivity index (χ3n) is 2.80. The van der Waals surface area contributed by atoms with Crippen molar-refractivity contribution in [2.75, 3.05) is 12.9 Å². The summed E-state index contributed by atoms with van der Waals surface area (Å²) in [4.78, 5) is 11.1. The third kappa shape index (κ3) is 8.50. The van der Waals surface area contributed by atoms with E-state index in [2.05, 4.69) is 4.72 Å². The average Bonchev–Trinajstić information content (AvgIpc) is 2.24. The van der Waals surface area contributed by atoms with Gasteiger partial charge in [0, 0.05) is 7.11 Å². The maximum atomic E-state index is 12.0. The zero-order valence-corrected chi connectivity index (χ0v) is 13.7. The van der Waals surface area contributed by atoms with Crippen LogP contribution in [-0.4, -0.2) is 44.5 Å². The second kappa shape index (κ2) is 8.59. The van der Waals surface area contributed by atoms with Crippen molar-refractivity contribution in [2.24, 2.45) is 11.8 Å². The molecule has 0 spiro atoms. The Hall–Kier alpha value is -0.660. The van der Waals surface area contributed by atoms with Gasteiger partial charge < -0.3 is 9.84 Å². The van der Waals surface area contributed by atoms with Crippen molar-refractivity contribution in [1.29, 1.82) is 0 Å². The molecule has 2 N–H and O–H groups in total. The predicted molar refractivity (Wildman–Crippen MR) is 78.1 cm³/mol. The van der Waals surface area contributed by atoms with E-state index in [1.54, 1.807) is 0 Å². The standard InChI is InChI=1S/C13H27NO5S/c1-9(2)6-11(19-5)8-20(17,18)14-12(13(15)16)7-10(3)4/h9-12,14H,6-8H2,1-5H3,(H,15,16). The van der Waals surface area contributed by atoms with Crippen LogP contribution in [0.15, 0.2) is 0 Å². The highest BCUT2D eigenvalue weighted by Gasteiger charge is 2.27. The molecule has 0 fully saturated rings. The summed E-state index contributed by atoms with van der Waals surface area (Å²) in [6, 6.07) is -1.09. The number of ether oxygens (including phenoxy) is 1. The molecule has 0 rings (SSSR count). The normalized spacial score (nSPS) is 15.6. The van der Waals surface area contributed by atoms with Crippen LogP contribution in [0.1, 0.15) is 40.5 Å². The van der Waals surface area contributed by atoms with E-state index in [-0.39, 0.29) is 18.1 Å². The zero-order chi connectivity index (χ0) is 15.9. The molecule has 0 aromatic heterocycles. The molecule has 120 valence electrons. The molecule has 0 heterocycles. The van der Waals surface area contributed by atoms with Crippen LogP contribution in [0.3, 0.4) is 0 Å². The van der Waals surface area contributed by atoms with Crippen molar-refractivity contribution >= 4 is 16.0 Å². The van der Waals surface area contributed by atoms with Gasteiger partial charge in [-0.15, -0.1) is 0 Å². The minimum atomic E-state index is -3.68. The Labute approximate surface area is 121 Å². The van der Waals surface area contributed by atoms with Gasteiger partial charge >= 0.3 is 5.97 Å². The van der Waals surface area contributed by atoms with Crippen LogP contribution in [0.25, 0.3) is 0 Å². The molecule has 0 aliphatic heterocycles. The van der Waals surface area contributed by atoms with Crippen LogP contribution in [-0.2, 0) is 19.6 Å². The Balaban J connectivity index is 4.73. The first-order chi connectivity index (χ1) is 9.07. The average molecular weight is 309 g/mol. The van der Waals surface area contributed by atoms with E-state index in [1.165, 1.54) is 7.11 Å². The Morgan fingerprint density at radius 2 is 1.65 bits per heavy atom. The van der Waals surface area contributed by atoms with E-state index in [4.69, 9.17) is 9.84 Å². The summed E-state index contributed by atoms with van der Waals surface area (Å²) in [6.45, 7) is 7.65. The zero-order valence-electron chi connectivity index (χ0n) is 12.9. The summed E-state index contributed by atoms with van der Waals surface area (Å²) in [5.41, 5.74) is 0. The Morgan fingerprint density at radius 1 is 1.15 bits per heavy atom. The molecule has 6 nitrogen and oxygen atoms in total. The molecule has 0 bridgehead atoms. The van der Waals surface area contributed by atoms with E-state index in [9.17, 15) is 13.2 Å². The highest BCUT2D eigenvalue weighted by Crippen LogP contribution is 2.11. The minimum Gasteiger partial charge on any atom is -0.480 e. The Bertz CT molecular complexity index is 392. The summed E-state index contributed by atoms with van der Waals surface area (Å²) in [5, 5.41) is 9.06. The van der Waals surface area contributed by atoms with Gasteiger partial charge in [-0.2, -0.15) is 0 Å². The second-order valence-corrected chi connectivity index (χ2v) is 7.71. The van der Waals surface area contributed by atoms with Gasteiger partial charge in [-0.05, 0) is 24.7 Å². The lowest BCUT2D eigenvalue weighted by Gasteiger charge is -2.20. The summed E-state index contributed by atoms with van der Waals surface area (Å²) in [7, 11) is -2.22. The monoisotopic (exact) mass is 309 g/mol. The molecule has 2 unspecified atom stereocenters. The number of hydrogen-bond donors (Lipinski definition) is 2.